The van der Waals surface area contributed by atoms with E-state index in [1.165, 1.54) is 8.61 Å². The molecular weight excluding hydrogens is 280 g/mol. The van der Waals surface area contributed by atoms with E-state index in [9.17, 15) is 8.42 Å². The lowest BCUT2D eigenvalue weighted by molar-refractivity contribution is -0.00679. The quantitative estimate of drug-likeness (QED) is 0.788. The van der Waals surface area contributed by atoms with Crippen LogP contribution in [0.2, 0.25) is 0 Å². The van der Waals surface area contributed by atoms with Gasteiger partial charge in [0.2, 0.25) is 0 Å². The molecule has 7 nitrogen and oxygen atoms in total. The molecule has 0 bridgehead atoms. The molecular formula is C12H20N4O3S. The van der Waals surface area contributed by atoms with Crippen LogP contribution in [-0.2, 0) is 14.9 Å². The summed E-state index contributed by atoms with van der Waals surface area (Å²) < 4.78 is 33.5. The van der Waals surface area contributed by atoms with Gasteiger partial charge in [0.1, 0.15) is 6.10 Å². The molecule has 0 N–H and O–H groups in total. The van der Waals surface area contributed by atoms with Crippen LogP contribution in [-0.4, -0.2) is 59.8 Å². The number of hydrogen-bond acceptors (Lipinski definition) is 5. The van der Waals surface area contributed by atoms with Crippen LogP contribution < -0.4 is 0 Å². The van der Waals surface area contributed by atoms with Crippen LogP contribution in [0.1, 0.15) is 25.6 Å². The second-order valence-electron chi connectivity index (χ2n) is 4.44. The summed E-state index contributed by atoms with van der Waals surface area (Å²) in [6.45, 7) is 5.61. The van der Waals surface area contributed by atoms with E-state index in [4.69, 9.17) is 4.74 Å². The fourth-order valence-corrected chi connectivity index (χ4v) is 3.81. The maximum absolute atomic E-state index is 12.5. The number of hydrogen-bond donors (Lipinski definition) is 0. The zero-order valence-electron chi connectivity index (χ0n) is 11.8. The van der Waals surface area contributed by atoms with Crippen molar-refractivity contribution in [1.82, 2.24) is 18.6 Å². The van der Waals surface area contributed by atoms with Crippen LogP contribution in [0.3, 0.4) is 0 Å². The molecule has 2 rings (SSSR count). The zero-order chi connectivity index (χ0) is 14.6. The predicted molar refractivity (Wildman–Crippen MR) is 74.1 cm³/mol. The Bertz CT molecular complexity index is 519. The Morgan fingerprint density at radius 2 is 2.15 bits per heavy atom. The molecule has 112 valence electrons. The molecule has 0 spiro atoms. The van der Waals surface area contributed by atoms with Crippen LogP contribution in [0.4, 0.5) is 0 Å². The van der Waals surface area contributed by atoms with Crippen molar-refractivity contribution in [3.63, 3.8) is 0 Å². The number of ether oxygens (including phenoxy) is 1. The van der Waals surface area contributed by atoms with E-state index in [-0.39, 0.29) is 12.6 Å². The topological polar surface area (TPSA) is 75.6 Å². The summed E-state index contributed by atoms with van der Waals surface area (Å²) >= 11 is 0. The first-order chi connectivity index (χ1) is 9.59. The summed E-state index contributed by atoms with van der Waals surface area (Å²) in [6.07, 6.45) is 4.41. The van der Waals surface area contributed by atoms with Gasteiger partial charge in [0.25, 0.3) is 10.2 Å². The first-order valence-electron chi connectivity index (χ1n) is 6.72. The average molecular weight is 300 g/mol. The molecule has 0 radical (unpaired) electrons. The largest absolute Gasteiger partial charge is 0.369 e. The van der Waals surface area contributed by atoms with Crippen molar-refractivity contribution in [3.8, 4) is 0 Å². The van der Waals surface area contributed by atoms with Crippen LogP contribution in [0, 0.1) is 0 Å². The van der Waals surface area contributed by atoms with Gasteiger partial charge in [-0.25, -0.2) is 0 Å². The van der Waals surface area contributed by atoms with Crippen molar-refractivity contribution in [2.45, 2.75) is 20.0 Å². The second-order valence-corrected chi connectivity index (χ2v) is 6.37. The molecule has 1 aliphatic heterocycles. The molecule has 0 amide bonds. The molecule has 2 heterocycles. The summed E-state index contributed by atoms with van der Waals surface area (Å²) in [5.74, 6) is 0. The number of nitrogens with zero attached hydrogens (tertiary/aromatic N) is 4. The van der Waals surface area contributed by atoms with Crippen molar-refractivity contribution in [2.75, 3.05) is 32.8 Å². The Morgan fingerprint density at radius 1 is 1.40 bits per heavy atom. The molecule has 1 aromatic rings. The van der Waals surface area contributed by atoms with E-state index in [0.29, 0.717) is 31.9 Å². The van der Waals surface area contributed by atoms with Crippen molar-refractivity contribution >= 4 is 10.2 Å². The Balaban J connectivity index is 2.15. The first kappa shape index (κ1) is 15.3. The van der Waals surface area contributed by atoms with Gasteiger partial charge >= 0.3 is 0 Å². The molecule has 1 atom stereocenters. The van der Waals surface area contributed by atoms with E-state index < -0.39 is 10.2 Å². The molecule has 20 heavy (non-hydrogen) atoms. The lowest BCUT2D eigenvalue weighted by atomic mass is 10.2. The van der Waals surface area contributed by atoms with E-state index in [2.05, 4.69) is 9.97 Å². The minimum Gasteiger partial charge on any atom is -0.369 e. The van der Waals surface area contributed by atoms with Crippen LogP contribution >= 0.6 is 0 Å². The molecule has 8 heteroatoms. The van der Waals surface area contributed by atoms with Gasteiger partial charge in [-0.2, -0.15) is 17.0 Å². The highest BCUT2D eigenvalue weighted by atomic mass is 32.2. The van der Waals surface area contributed by atoms with Gasteiger partial charge in [-0.05, 0) is 0 Å². The highest BCUT2D eigenvalue weighted by Gasteiger charge is 2.33. The van der Waals surface area contributed by atoms with Crippen molar-refractivity contribution in [2.24, 2.45) is 0 Å². The molecule has 0 aromatic carbocycles. The van der Waals surface area contributed by atoms with Crippen LogP contribution in [0.5, 0.6) is 0 Å². The SMILES string of the molecule is CCN(CC)S(=O)(=O)N1CCO[C@H](c2cnccn2)C1. The lowest BCUT2D eigenvalue weighted by Gasteiger charge is -2.34. The third-order valence-corrected chi connectivity index (χ3v) is 5.45. The maximum Gasteiger partial charge on any atom is 0.282 e. The normalized spacial score (nSPS) is 21.2. The van der Waals surface area contributed by atoms with Crippen LogP contribution in [0.25, 0.3) is 0 Å². The smallest absolute Gasteiger partial charge is 0.282 e. The van der Waals surface area contributed by atoms with Gasteiger partial charge in [0.05, 0.1) is 18.5 Å². The zero-order valence-corrected chi connectivity index (χ0v) is 12.6. The number of aromatic nitrogens is 2. The van der Waals surface area contributed by atoms with E-state index in [1.54, 1.807) is 18.6 Å². The molecule has 0 saturated carbocycles. The fraction of sp³-hybridized carbons (Fsp3) is 0.667. The fourth-order valence-electron chi connectivity index (χ4n) is 2.20. The summed E-state index contributed by atoms with van der Waals surface area (Å²) in [6, 6.07) is 0. The third kappa shape index (κ3) is 3.14. The second kappa shape index (κ2) is 6.57. The summed E-state index contributed by atoms with van der Waals surface area (Å²) in [5, 5.41) is 0. The minimum absolute atomic E-state index is 0.275. The molecule has 1 fully saturated rings. The highest BCUT2D eigenvalue weighted by Crippen LogP contribution is 2.22. The van der Waals surface area contributed by atoms with Gasteiger partial charge in [-0.1, -0.05) is 13.8 Å². The predicted octanol–water partition coefficient (Wildman–Crippen LogP) is 0.436. The Kier molecular flexibility index (Phi) is 5.03. The van der Waals surface area contributed by atoms with Gasteiger partial charge in [0, 0.05) is 38.6 Å². The number of morpholine rings is 1. The van der Waals surface area contributed by atoms with E-state index in [0.717, 1.165) is 0 Å². The average Bonchev–Trinajstić information content (AvgIpc) is 2.49. The molecule has 1 aliphatic rings. The minimum atomic E-state index is -3.43. The molecule has 0 aliphatic carbocycles. The molecule has 0 unspecified atom stereocenters. The molecule has 1 saturated heterocycles. The third-order valence-electron chi connectivity index (χ3n) is 3.30. The van der Waals surface area contributed by atoms with E-state index in [1.807, 2.05) is 13.8 Å². The summed E-state index contributed by atoms with van der Waals surface area (Å²) in [4.78, 5) is 8.18. The highest BCUT2D eigenvalue weighted by molar-refractivity contribution is 7.86. The monoisotopic (exact) mass is 300 g/mol. The van der Waals surface area contributed by atoms with Gasteiger partial charge < -0.3 is 4.74 Å². The standard InChI is InChI=1S/C12H20N4O3S/c1-3-15(4-2)20(17,18)16-7-8-19-12(10-16)11-9-13-5-6-14-11/h5-6,9,12H,3-4,7-8,10H2,1-2H3/t12-/m0/s1. The Morgan fingerprint density at radius 3 is 2.75 bits per heavy atom. The van der Waals surface area contributed by atoms with Crippen LogP contribution in [0.15, 0.2) is 18.6 Å². The summed E-state index contributed by atoms with van der Waals surface area (Å²) in [5.41, 5.74) is 0.659. The van der Waals surface area contributed by atoms with Gasteiger partial charge in [-0.15, -0.1) is 0 Å². The van der Waals surface area contributed by atoms with E-state index >= 15 is 0 Å². The van der Waals surface area contributed by atoms with Crippen molar-refractivity contribution in [1.29, 1.82) is 0 Å². The van der Waals surface area contributed by atoms with Gasteiger partial charge in [-0.3, -0.25) is 9.97 Å². The molecule has 1 aromatic heterocycles. The Labute approximate surface area is 119 Å². The number of rotatable bonds is 5. The maximum atomic E-state index is 12.5. The Hall–Kier alpha value is -1.09. The van der Waals surface area contributed by atoms with Crippen molar-refractivity contribution in [3.05, 3.63) is 24.3 Å². The van der Waals surface area contributed by atoms with Gasteiger partial charge in [0.15, 0.2) is 0 Å². The first-order valence-corrected chi connectivity index (χ1v) is 8.12. The van der Waals surface area contributed by atoms with Crippen molar-refractivity contribution < 1.29 is 13.2 Å². The summed E-state index contributed by atoms with van der Waals surface area (Å²) in [7, 11) is -3.43. The lowest BCUT2D eigenvalue weighted by Crippen LogP contribution is -2.49.